The highest BCUT2D eigenvalue weighted by Gasteiger charge is 2.16. The summed E-state index contributed by atoms with van der Waals surface area (Å²) in [6.45, 7) is 1.87. The molecule has 1 rings (SSSR count). The van der Waals surface area contributed by atoms with E-state index in [0.29, 0.717) is 12.7 Å². The predicted octanol–water partition coefficient (Wildman–Crippen LogP) is 1.63. The number of hydrogen-bond acceptors (Lipinski definition) is 3. The Labute approximate surface area is 86.8 Å². The van der Waals surface area contributed by atoms with Gasteiger partial charge in [-0.2, -0.15) is 5.26 Å². The van der Waals surface area contributed by atoms with E-state index >= 15 is 0 Å². The molecular weight excluding hydrogens is 194 g/mol. The number of rotatable bonds is 3. The lowest BCUT2D eigenvalue weighted by Gasteiger charge is -2.05. The van der Waals surface area contributed by atoms with Gasteiger partial charge in [0, 0.05) is 5.56 Å². The first-order valence-electron chi connectivity index (χ1n) is 4.39. The van der Waals surface area contributed by atoms with Gasteiger partial charge in [-0.25, -0.2) is 4.79 Å². The molecule has 0 amide bonds. The number of nitriles is 1. The van der Waals surface area contributed by atoms with E-state index in [4.69, 9.17) is 10.4 Å². The van der Waals surface area contributed by atoms with Crippen LogP contribution in [0, 0.1) is 11.3 Å². The average Bonchev–Trinajstić information content (AvgIpc) is 2.26. The van der Waals surface area contributed by atoms with Gasteiger partial charge in [-0.1, -0.05) is 6.92 Å². The second-order valence-electron chi connectivity index (χ2n) is 3.00. The highest BCUT2D eigenvalue weighted by molar-refractivity contribution is 5.99. The van der Waals surface area contributed by atoms with E-state index in [1.807, 2.05) is 6.92 Å². The smallest absolute Gasteiger partial charge is 0.337 e. The Morgan fingerprint density at radius 3 is 2.67 bits per heavy atom. The Morgan fingerprint density at radius 1 is 1.60 bits per heavy atom. The standard InChI is InChI=1S/C11H9NO3/c1-2-7-3-8(5-12)10(11(14)15)9(4-7)6-13/h3-4,6H,2H2,1H3,(H,14,15). The molecule has 1 aromatic carbocycles. The van der Waals surface area contributed by atoms with Gasteiger partial charge in [0.1, 0.15) is 6.07 Å². The quantitative estimate of drug-likeness (QED) is 0.757. The first-order chi connectivity index (χ1) is 7.13. The van der Waals surface area contributed by atoms with Crippen LogP contribution < -0.4 is 0 Å². The first kappa shape index (κ1) is 10.9. The molecule has 0 aliphatic rings. The van der Waals surface area contributed by atoms with Gasteiger partial charge in [-0.3, -0.25) is 4.79 Å². The van der Waals surface area contributed by atoms with E-state index in [9.17, 15) is 9.59 Å². The number of carboxylic acids is 1. The Morgan fingerprint density at radius 2 is 2.27 bits per heavy atom. The second-order valence-corrected chi connectivity index (χ2v) is 3.00. The maximum absolute atomic E-state index is 10.8. The average molecular weight is 203 g/mol. The van der Waals surface area contributed by atoms with Crippen LogP contribution in [0.15, 0.2) is 12.1 Å². The summed E-state index contributed by atoms with van der Waals surface area (Å²) in [5.74, 6) is -1.25. The van der Waals surface area contributed by atoms with Crippen molar-refractivity contribution in [3.63, 3.8) is 0 Å². The van der Waals surface area contributed by atoms with Gasteiger partial charge < -0.3 is 5.11 Å². The summed E-state index contributed by atoms with van der Waals surface area (Å²) in [5, 5.41) is 17.6. The highest BCUT2D eigenvalue weighted by Crippen LogP contribution is 2.16. The number of benzene rings is 1. The van der Waals surface area contributed by atoms with E-state index in [1.165, 1.54) is 12.1 Å². The molecule has 1 aromatic rings. The molecule has 0 aliphatic heterocycles. The third-order valence-corrected chi connectivity index (χ3v) is 2.10. The largest absolute Gasteiger partial charge is 0.478 e. The fraction of sp³-hybridized carbons (Fsp3) is 0.182. The molecule has 0 radical (unpaired) electrons. The molecule has 4 nitrogen and oxygen atoms in total. The third kappa shape index (κ3) is 2.02. The lowest BCUT2D eigenvalue weighted by atomic mass is 9.98. The minimum absolute atomic E-state index is 0.0314. The summed E-state index contributed by atoms with van der Waals surface area (Å²) in [7, 11) is 0. The number of aldehydes is 1. The zero-order valence-electron chi connectivity index (χ0n) is 8.15. The summed E-state index contributed by atoms with van der Waals surface area (Å²) >= 11 is 0. The van der Waals surface area contributed by atoms with Crippen LogP contribution in [0.3, 0.4) is 0 Å². The van der Waals surface area contributed by atoms with Crippen molar-refractivity contribution < 1.29 is 14.7 Å². The fourth-order valence-corrected chi connectivity index (χ4v) is 1.35. The molecular formula is C11H9NO3. The monoisotopic (exact) mass is 203 g/mol. The molecule has 4 heteroatoms. The summed E-state index contributed by atoms with van der Waals surface area (Å²) in [6.07, 6.45) is 1.11. The SMILES string of the molecule is CCc1cc(C#N)c(C(=O)O)c(C=O)c1. The maximum atomic E-state index is 10.8. The van der Waals surface area contributed by atoms with Crippen molar-refractivity contribution in [1.29, 1.82) is 5.26 Å². The van der Waals surface area contributed by atoms with Crippen LogP contribution in [0.1, 0.15) is 38.8 Å². The summed E-state index contributed by atoms with van der Waals surface area (Å²) in [6, 6.07) is 4.78. The molecule has 0 heterocycles. The highest BCUT2D eigenvalue weighted by atomic mass is 16.4. The minimum Gasteiger partial charge on any atom is -0.478 e. The minimum atomic E-state index is -1.25. The van der Waals surface area contributed by atoms with Crippen LogP contribution in [-0.4, -0.2) is 17.4 Å². The molecule has 0 aliphatic carbocycles. The van der Waals surface area contributed by atoms with E-state index in [0.717, 1.165) is 5.56 Å². The predicted molar refractivity (Wildman–Crippen MR) is 52.9 cm³/mol. The van der Waals surface area contributed by atoms with Gasteiger partial charge in [-0.05, 0) is 24.1 Å². The van der Waals surface area contributed by atoms with E-state index in [1.54, 1.807) is 6.07 Å². The van der Waals surface area contributed by atoms with Crippen molar-refractivity contribution in [2.45, 2.75) is 13.3 Å². The van der Waals surface area contributed by atoms with Crippen LogP contribution in [-0.2, 0) is 6.42 Å². The number of nitrogens with zero attached hydrogens (tertiary/aromatic N) is 1. The molecule has 0 saturated heterocycles. The molecule has 0 bridgehead atoms. The lowest BCUT2D eigenvalue weighted by molar-refractivity contribution is 0.0693. The Bertz CT molecular complexity index is 458. The van der Waals surface area contributed by atoms with Gasteiger partial charge in [0.15, 0.2) is 6.29 Å². The van der Waals surface area contributed by atoms with Crippen molar-refractivity contribution >= 4 is 12.3 Å². The van der Waals surface area contributed by atoms with Crippen LogP contribution in [0.25, 0.3) is 0 Å². The number of carboxylic acid groups (broad SMARTS) is 1. The Balaban J connectivity index is 3.55. The van der Waals surface area contributed by atoms with Crippen LogP contribution >= 0.6 is 0 Å². The molecule has 15 heavy (non-hydrogen) atoms. The lowest BCUT2D eigenvalue weighted by Crippen LogP contribution is -2.06. The number of carbonyl (C=O) groups is 2. The number of aromatic carboxylic acids is 1. The van der Waals surface area contributed by atoms with Gasteiger partial charge in [0.2, 0.25) is 0 Å². The number of hydrogen-bond donors (Lipinski definition) is 1. The first-order valence-corrected chi connectivity index (χ1v) is 4.39. The molecule has 1 N–H and O–H groups in total. The van der Waals surface area contributed by atoms with E-state index < -0.39 is 5.97 Å². The van der Waals surface area contributed by atoms with Crippen molar-refractivity contribution in [2.24, 2.45) is 0 Å². The number of carbonyl (C=O) groups excluding carboxylic acids is 1. The van der Waals surface area contributed by atoms with E-state index in [-0.39, 0.29) is 16.7 Å². The molecule has 0 aromatic heterocycles. The molecule has 0 fully saturated rings. The number of aryl methyl sites for hydroxylation is 1. The normalized spacial score (nSPS) is 9.33. The van der Waals surface area contributed by atoms with Gasteiger partial charge >= 0.3 is 5.97 Å². The zero-order valence-corrected chi connectivity index (χ0v) is 8.15. The van der Waals surface area contributed by atoms with Gasteiger partial charge in [0.25, 0.3) is 0 Å². The van der Waals surface area contributed by atoms with Crippen molar-refractivity contribution in [1.82, 2.24) is 0 Å². The molecule has 76 valence electrons. The van der Waals surface area contributed by atoms with Gasteiger partial charge in [-0.15, -0.1) is 0 Å². The molecule has 0 unspecified atom stereocenters. The van der Waals surface area contributed by atoms with Crippen molar-refractivity contribution in [2.75, 3.05) is 0 Å². The molecule has 0 spiro atoms. The molecule has 0 atom stereocenters. The van der Waals surface area contributed by atoms with Crippen molar-refractivity contribution in [3.8, 4) is 6.07 Å². The fourth-order valence-electron chi connectivity index (χ4n) is 1.35. The topological polar surface area (TPSA) is 78.2 Å². The Hall–Kier alpha value is -2.15. The summed E-state index contributed by atoms with van der Waals surface area (Å²) < 4.78 is 0. The van der Waals surface area contributed by atoms with Crippen LogP contribution in [0.4, 0.5) is 0 Å². The van der Waals surface area contributed by atoms with Crippen LogP contribution in [0.2, 0.25) is 0 Å². The second kappa shape index (κ2) is 4.38. The third-order valence-electron chi connectivity index (χ3n) is 2.10. The summed E-state index contributed by atoms with van der Waals surface area (Å²) in [5.41, 5.74) is 0.644. The van der Waals surface area contributed by atoms with Crippen LogP contribution in [0.5, 0.6) is 0 Å². The van der Waals surface area contributed by atoms with E-state index in [2.05, 4.69) is 0 Å². The molecule has 0 saturated carbocycles. The summed E-state index contributed by atoms with van der Waals surface area (Å²) in [4.78, 5) is 21.5. The Kier molecular flexibility index (Phi) is 3.19. The maximum Gasteiger partial charge on any atom is 0.337 e. The van der Waals surface area contributed by atoms with Gasteiger partial charge in [0.05, 0.1) is 11.1 Å². The zero-order chi connectivity index (χ0) is 11.4. The van der Waals surface area contributed by atoms with Crippen molar-refractivity contribution in [3.05, 3.63) is 34.4 Å².